The summed E-state index contributed by atoms with van der Waals surface area (Å²) in [4.78, 5) is 0. The summed E-state index contributed by atoms with van der Waals surface area (Å²) >= 11 is 0. The maximum Gasteiger partial charge on any atom is 0.252 e. The molecule has 0 amide bonds. The van der Waals surface area contributed by atoms with Crippen molar-refractivity contribution in [1.29, 1.82) is 0 Å². The average Bonchev–Trinajstić information content (AvgIpc) is 2.89. The highest BCUT2D eigenvalue weighted by Gasteiger charge is 2.52. The molecule has 1 aliphatic rings. The molecule has 1 N–H and O–H groups in total. The van der Waals surface area contributed by atoms with Crippen LogP contribution < -0.4 is 4.72 Å². The van der Waals surface area contributed by atoms with E-state index in [0.717, 1.165) is 6.92 Å². The van der Waals surface area contributed by atoms with Gasteiger partial charge in [-0.15, -0.1) is 0 Å². The smallest absolute Gasteiger partial charge is 0.252 e. The van der Waals surface area contributed by atoms with Gasteiger partial charge in [0.2, 0.25) is 10.0 Å². The van der Waals surface area contributed by atoms with Crippen molar-refractivity contribution in [2.24, 2.45) is 5.41 Å². The third-order valence-electron chi connectivity index (χ3n) is 3.89. The summed E-state index contributed by atoms with van der Waals surface area (Å²) in [7, 11) is -3.84. The predicted octanol–water partition coefficient (Wildman–Crippen LogP) is 2.15. The number of sulfonamides is 1. The normalized spacial score (nSPS) is 19.6. The molecule has 2 heterocycles. The third-order valence-corrected chi connectivity index (χ3v) is 5.41. The lowest BCUT2D eigenvalue weighted by Gasteiger charge is -2.41. The van der Waals surface area contributed by atoms with E-state index < -0.39 is 27.1 Å². The second-order valence-corrected chi connectivity index (χ2v) is 7.25. The van der Waals surface area contributed by atoms with Crippen molar-refractivity contribution in [1.82, 2.24) is 4.72 Å². The van der Waals surface area contributed by atoms with Crippen molar-refractivity contribution in [3.8, 4) is 0 Å². The van der Waals surface area contributed by atoms with Gasteiger partial charge in [0, 0.05) is 13.2 Å². The molecule has 0 unspecified atom stereocenters. The second kappa shape index (κ2) is 6.02. The van der Waals surface area contributed by atoms with E-state index in [1.165, 1.54) is 6.26 Å². The zero-order valence-electron chi connectivity index (χ0n) is 11.8. The molecule has 21 heavy (non-hydrogen) atoms. The summed E-state index contributed by atoms with van der Waals surface area (Å²) in [6.45, 7) is 1.03. The zero-order valence-corrected chi connectivity index (χ0v) is 12.6. The van der Waals surface area contributed by atoms with E-state index in [1.807, 2.05) is 0 Å². The Morgan fingerprint density at radius 1 is 1.38 bits per heavy atom. The molecule has 8 heteroatoms. The molecule has 1 aromatic heterocycles. The molecule has 5 nitrogen and oxygen atoms in total. The first-order valence-electron chi connectivity index (χ1n) is 6.69. The lowest BCUT2D eigenvalue weighted by Crippen LogP contribution is -2.50. The van der Waals surface area contributed by atoms with Gasteiger partial charge in [-0.05, 0) is 31.9 Å². The number of furan rings is 1. The van der Waals surface area contributed by atoms with Crippen LogP contribution in [0.15, 0.2) is 22.8 Å². The lowest BCUT2D eigenvalue weighted by molar-refractivity contribution is -0.139. The molecule has 0 bridgehead atoms. The van der Waals surface area contributed by atoms with Crippen LogP contribution in [0.1, 0.15) is 25.5 Å². The fourth-order valence-corrected chi connectivity index (χ4v) is 4.22. The molecule has 1 saturated heterocycles. The minimum absolute atomic E-state index is 0.0260. The van der Waals surface area contributed by atoms with E-state index in [-0.39, 0.29) is 32.6 Å². The van der Waals surface area contributed by atoms with Crippen LogP contribution >= 0.6 is 0 Å². The first kappa shape index (κ1) is 16.4. The van der Waals surface area contributed by atoms with E-state index in [1.54, 1.807) is 12.1 Å². The van der Waals surface area contributed by atoms with Gasteiger partial charge in [-0.1, -0.05) is 0 Å². The Bertz CT molecular complexity index is 545. The van der Waals surface area contributed by atoms with Crippen molar-refractivity contribution >= 4 is 10.0 Å². The summed E-state index contributed by atoms with van der Waals surface area (Å²) in [5.74, 6) is -3.27. The number of halogens is 2. The Labute approximate surface area is 122 Å². The van der Waals surface area contributed by atoms with Gasteiger partial charge >= 0.3 is 0 Å². The number of hydrogen-bond acceptors (Lipinski definition) is 4. The standard InChI is InChI=1S/C13H19F2NO4S/c1-12(14,15)13(4-7-19-8-5-13)10-21(17,18)16-9-11-3-2-6-20-11/h2-3,6,16H,4-5,7-10H2,1H3. The first-order chi connectivity index (χ1) is 9.74. The fraction of sp³-hybridized carbons (Fsp3) is 0.692. The van der Waals surface area contributed by atoms with Gasteiger partial charge in [0.1, 0.15) is 5.76 Å². The lowest BCUT2D eigenvalue weighted by atomic mass is 9.77. The van der Waals surface area contributed by atoms with Gasteiger partial charge in [0.25, 0.3) is 5.92 Å². The summed E-state index contributed by atoms with van der Waals surface area (Å²) in [6, 6.07) is 3.24. The Hall–Kier alpha value is -0.990. The summed E-state index contributed by atoms with van der Waals surface area (Å²) < 4.78 is 64.5. The Morgan fingerprint density at radius 2 is 2.05 bits per heavy atom. The molecule has 2 rings (SSSR count). The molecule has 0 radical (unpaired) electrons. The number of hydrogen-bond donors (Lipinski definition) is 1. The minimum atomic E-state index is -3.84. The fourth-order valence-electron chi connectivity index (χ4n) is 2.48. The highest BCUT2D eigenvalue weighted by molar-refractivity contribution is 7.89. The first-order valence-corrected chi connectivity index (χ1v) is 8.35. The number of ether oxygens (including phenoxy) is 1. The summed E-state index contributed by atoms with van der Waals surface area (Å²) in [5, 5.41) is 0. The maximum atomic E-state index is 13.9. The van der Waals surface area contributed by atoms with Crippen LogP contribution in [0, 0.1) is 5.41 Å². The highest BCUT2D eigenvalue weighted by atomic mass is 32.2. The van der Waals surface area contributed by atoms with Crippen molar-refractivity contribution in [3.63, 3.8) is 0 Å². The summed E-state index contributed by atoms with van der Waals surface area (Å²) in [5.41, 5.74) is -1.58. The molecule has 120 valence electrons. The Morgan fingerprint density at radius 3 is 2.57 bits per heavy atom. The van der Waals surface area contributed by atoms with Crippen LogP contribution in [0.3, 0.4) is 0 Å². The van der Waals surface area contributed by atoms with Crippen LogP contribution in [-0.4, -0.2) is 33.3 Å². The van der Waals surface area contributed by atoms with Crippen molar-refractivity contribution in [2.75, 3.05) is 19.0 Å². The van der Waals surface area contributed by atoms with Gasteiger partial charge in [-0.25, -0.2) is 21.9 Å². The summed E-state index contributed by atoms with van der Waals surface area (Å²) in [6.07, 6.45) is 1.47. The highest BCUT2D eigenvalue weighted by Crippen LogP contribution is 2.45. The predicted molar refractivity (Wildman–Crippen MR) is 72.4 cm³/mol. The monoisotopic (exact) mass is 323 g/mol. The van der Waals surface area contributed by atoms with Crippen LogP contribution in [0.5, 0.6) is 0 Å². The molecular formula is C13H19F2NO4S. The van der Waals surface area contributed by atoms with Gasteiger partial charge < -0.3 is 9.15 Å². The zero-order chi connectivity index (χ0) is 15.6. The quantitative estimate of drug-likeness (QED) is 0.871. The van der Waals surface area contributed by atoms with E-state index in [4.69, 9.17) is 9.15 Å². The van der Waals surface area contributed by atoms with Gasteiger partial charge in [-0.3, -0.25) is 0 Å². The molecule has 0 aromatic carbocycles. The molecular weight excluding hydrogens is 304 g/mol. The van der Waals surface area contributed by atoms with Gasteiger partial charge in [-0.2, -0.15) is 0 Å². The van der Waals surface area contributed by atoms with Gasteiger partial charge in [0.15, 0.2) is 0 Å². The molecule has 0 spiro atoms. The average molecular weight is 323 g/mol. The van der Waals surface area contributed by atoms with E-state index in [2.05, 4.69) is 4.72 Å². The largest absolute Gasteiger partial charge is 0.468 e. The van der Waals surface area contributed by atoms with Gasteiger partial charge in [0.05, 0.1) is 24.0 Å². The number of nitrogens with one attached hydrogen (secondary N) is 1. The van der Waals surface area contributed by atoms with Crippen molar-refractivity contribution in [2.45, 2.75) is 32.2 Å². The van der Waals surface area contributed by atoms with E-state index in [0.29, 0.717) is 5.76 Å². The topological polar surface area (TPSA) is 68.5 Å². The number of rotatable bonds is 6. The molecule has 0 atom stereocenters. The van der Waals surface area contributed by atoms with E-state index >= 15 is 0 Å². The molecule has 0 aliphatic carbocycles. The second-order valence-electron chi connectivity index (χ2n) is 5.44. The maximum absolute atomic E-state index is 13.9. The van der Waals surface area contributed by atoms with Crippen molar-refractivity contribution in [3.05, 3.63) is 24.2 Å². The Kier molecular flexibility index (Phi) is 4.69. The Balaban J connectivity index is 2.08. The molecule has 1 aliphatic heterocycles. The molecule has 0 saturated carbocycles. The molecule has 1 fully saturated rings. The van der Waals surface area contributed by atoms with Crippen LogP contribution in [0.4, 0.5) is 8.78 Å². The van der Waals surface area contributed by atoms with Crippen molar-refractivity contribution < 1.29 is 26.4 Å². The molecule has 1 aromatic rings. The number of alkyl halides is 2. The SMILES string of the molecule is CC(F)(F)C1(CS(=O)(=O)NCc2ccco2)CCOCC1. The van der Waals surface area contributed by atoms with E-state index in [9.17, 15) is 17.2 Å². The minimum Gasteiger partial charge on any atom is -0.468 e. The van der Waals surface area contributed by atoms with Crippen LogP contribution in [0.25, 0.3) is 0 Å². The third kappa shape index (κ3) is 4.02. The van der Waals surface area contributed by atoms with Crippen LogP contribution in [0.2, 0.25) is 0 Å². The van der Waals surface area contributed by atoms with Crippen LogP contribution in [-0.2, 0) is 21.3 Å².